The molecule has 124 valence electrons. The van der Waals surface area contributed by atoms with Gasteiger partial charge in [-0.25, -0.2) is 9.97 Å². The van der Waals surface area contributed by atoms with Crippen molar-refractivity contribution in [3.8, 4) is 17.1 Å². The van der Waals surface area contributed by atoms with Crippen LogP contribution in [0.5, 0.6) is 5.75 Å². The van der Waals surface area contributed by atoms with Crippen molar-refractivity contribution < 1.29 is 5.11 Å². The number of phenolic OH excluding ortho intramolecular Hbond substituents is 1. The van der Waals surface area contributed by atoms with Crippen LogP contribution in [0.1, 0.15) is 62.9 Å². The Balaban J connectivity index is 2.64. The minimum atomic E-state index is -0.0297. The van der Waals surface area contributed by atoms with E-state index in [1.807, 2.05) is 13.8 Å². The summed E-state index contributed by atoms with van der Waals surface area (Å²) in [4.78, 5) is 9.03. The summed E-state index contributed by atoms with van der Waals surface area (Å²) >= 11 is 0. The van der Waals surface area contributed by atoms with E-state index < -0.39 is 0 Å². The maximum atomic E-state index is 10.5. The highest BCUT2D eigenvalue weighted by Gasteiger charge is 2.21. The van der Waals surface area contributed by atoms with E-state index in [2.05, 4.69) is 50.7 Å². The second-order valence-electron chi connectivity index (χ2n) is 7.52. The van der Waals surface area contributed by atoms with Crippen molar-refractivity contribution in [2.75, 3.05) is 5.73 Å². The standard InChI is InChI=1S/C19H27N3O/c1-10(2)15-12(4)21-18(22-17(15)20)16-11(3)8-13(9-14(16)23)19(5,6)7/h8-10,23H,1-7H3,(H2,20,21,22). The molecule has 0 spiro atoms. The molecule has 1 aromatic carbocycles. The Labute approximate surface area is 138 Å². The van der Waals surface area contributed by atoms with Crippen molar-refractivity contribution in [2.24, 2.45) is 0 Å². The predicted octanol–water partition coefficient (Wildman–Crippen LogP) is 4.47. The molecule has 1 heterocycles. The molecule has 4 nitrogen and oxygen atoms in total. The molecule has 0 aliphatic rings. The zero-order valence-corrected chi connectivity index (χ0v) is 15.2. The van der Waals surface area contributed by atoms with Gasteiger partial charge in [0, 0.05) is 11.3 Å². The lowest BCUT2D eigenvalue weighted by Gasteiger charge is -2.21. The molecule has 0 amide bonds. The molecule has 4 heteroatoms. The Bertz CT molecular complexity index is 697. The lowest BCUT2D eigenvalue weighted by molar-refractivity contribution is 0.472. The second kappa shape index (κ2) is 5.84. The van der Waals surface area contributed by atoms with Crippen molar-refractivity contribution in [1.29, 1.82) is 0 Å². The van der Waals surface area contributed by atoms with Gasteiger partial charge in [-0.05, 0) is 42.4 Å². The first-order valence-corrected chi connectivity index (χ1v) is 8.00. The predicted molar refractivity (Wildman–Crippen MR) is 95.8 cm³/mol. The van der Waals surface area contributed by atoms with Crippen LogP contribution in [0.15, 0.2) is 12.1 Å². The number of hydrogen-bond acceptors (Lipinski definition) is 4. The van der Waals surface area contributed by atoms with Crippen molar-refractivity contribution in [1.82, 2.24) is 9.97 Å². The molecule has 1 aromatic heterocycles. The van der Waals surface area contributed by atoms with Gasteiger partial charge in [0.25, 0.3) is 0 Å². The molecule has 0 saturated carbocycles. The average Bonchev–Trinajstić information content (AvgIpc) is 2.35. The summed E-state index contributed by atoms with van der Waals surface area (Å²) in [6.07, 6.45) is 0. The highest BCUT2D eigenvalue weighted by Crippen LogP contribution is 2.36. The molecule has 3 N–H and O–H groups in total. The van der Waals surface area contributed by atoms with E-state index in [0.717, 1.165) is 22.4 Å². The van der Waals surface area contributed by atoms with Crippen LogP contribution in [0.25, 0.3) is 11.4 Å². The summed E-state index contributed by atoms with van der Waals surface area (Å²) in [6, 6.07) is 3.88. The molecular weight excluding hydrogens is 286 g/mol. The summed E-state index contributed by atoms with van der Waals surface area (Å²) in [5.41, 5.74) is 10.6. The number of anilines is 1. The number of aromatic nitrogens is 2. The molecule has 2 aromatic rings. The van der Waals surface area contributed by atoms with E-state index in [1.54, 1.807) is 6.07 Å². The Morgan fingerprint density at radius 3 is 2.13 bits per heavy atom. The number of phenols is 1. The number of aromatic hydroxyl groups is 1. The highest BCUT2D eigenvalue weighted by atomic mass is 16.3. The third-order valence-electron chi connectivity index (χ3n) is 4.15. The van der Waals surface area contributed by atoms with Crippen LogP contribution < -0.4 is 5.73 Å². The Hall–Kier alpha value is -2.10. The molecule has 0 bridgehead atoms. The van der Waals surface area contributed by atoms with Gasteiger partial charge in [-0.3, -0.25) is 0 Å². The van der Waals surface area contributed by atoms with Gasteiger partial charge >= 0.3 is 0 Å². The second-order valence-corrected chi connectivity index (χ2v) is 7.52. The molecule has 0 aliphatic heterocycles. The van der Waals surface area contributed by atoms with Gasteiger partial charge in [0.1, 0.15) is 11.6 Å². The Morgan fingerprint density at radius 2 is 1.70 bits per heavy atom. The monoisotopic (exact) mass is 313 g/mol. The van der Waals surface area contributed by atoms with Gasteiger partial charge in [-0.15, -0.1) is 0 Å². The highest BCUT2D eigenvalue weighted by molar-refractivity contribution is 5.70. The molecule has 0 unspecified atom stereocenters. The smallest absolute Gasteiger partial charge is 0.165 e. The van der Waals surface area contributed by atoms with Gasteiger partial charge in [-0.1, -0.05) is 40.7 Å². The van der Waals surface area contributed by atoms with Crippen molar-refractivity contribution in [3.05, 3.63) is 34.5 Å². The number of nitrogens with two attached hydrogens (primary N) is 1. The van der Waals surface area contributed by atoms with Crippen LogP contribution in [0.3, 0.4) is 0 Å². The molecule has 0 atom stereocenters. The molecule has 0 fully saturated rings. The van der Waals surface area contributed by atoms with E-state index in [0.29, 0.717) is 17.2 Å². The van der Waals surface area contributed by atoms with Gasteiger partial charge in [0.2, 0.25) is 0 Å². The maximum Gasteiger partial charge on any atom is 0.165 e. The number of aryl methyl sites for hydroxylation is 2. The summed E-state index contributed by atoms with van der Waals surface area (Å²) in [7, 11) is 0. The maximum absolute atomic E-state index is 10.5. The fraction of sp³-hybridized carbons (Fsp3) is 0.474. The first-order valence-electron chi connectivity index (χ1n) is 8.00. The quantitative estimate of drug-likeness (QED) is 0.858. The minimum Gasteiger partial charge on any atom is -0.507 e. The van der Waals surface area contributed by atoms with Crippen LogP contribution in [0.4, 0.5) is 5.82 Å². The fourth-order valence-corrected chi connectivity index (χ4v) is 2.92. The van der Waals surface area contributed by atoms with E-state index in [-0.39, 0.29) is 17.1 Å². The third kappa shape index (κ3) is 3.31. The van der Waals surface area contributed by atoms with Crippen molar-refractivity contribution in [2.45, 2.75) is 59.8 Å². The Kier molecular flexibility index (Phi) is 4.38. The van der Waals surface area contributed by atoms with Crippen LogP contribution in [-0.4, -0.2) is 15.1 Å². The molecule has 2 rings (SSSR count). The number of benzene rings is 1. The summed E-state index contributed by atoms with van der Waals surface area (Å²) < 4.78 is 0. The largest absolute Gasteiger partial charge is 0.507 e. The van der Waals surface area contributed by atoms with Crippen LogP contribution in [0, 0.1) is 13.8 Å². The molecular formula is C19H27N3O. The molecule has 0 saturated heterocycles. The lowest BCUT2D eigenvalue weighted by Crippen LogP contribution is -2.12. The van der Waals surface area contributed by atoms with Gasteiger partial charge < -0.3 is 10.8 Å². The minimum absolute atomic E-state index is 0.0297. The van der Waals surface area contributed by atoms with E-state index >= 15 is 0 Å². The fourth-order valence-electron chi connectivity index (χ4n) is 2.92. The zero-order valence-electron chi connectivity index (χ0n) is 15.2. The van der Waals surface area contributed by atoms with Gasteiger partial charge in [-0.2, -0.15) is 0 Å². The third-order valence-corrected chi connectivity index (χ3v) is 4.15. The Morgan fingerprint density at radius 1 is 1.09 bits per heavy atom. The first kappa shape index (κ1) is 17.3. The van der Waals surface area contributed by atoms with Crippen LogP contribution in [-0.2, 0) is 5.41 Å². The topological polar surface area (TPSA) is 72.0 Å². The molecule has 0 radical (unpaired) electrons. The summed E-state index contributed by atoms with van der Waals surface area (Å²) in [6.45, 7) is 14.4. The first-order chi connectivity index (χ1) is 10.5. The number of nitrogens with zero attached hydrogens (tertiary/aromatic N) is 2. The van der Waals surface area contributed by atoms with E-state index in [1.165, 1.54) is 0 Å². The normalized spacial score (nSPS) is 12.0. The van der Waals surface area contributed by atoms with Gasteiger partial charge in [0.15, 0.2) is 5.82 Å². The lowest BCUT2D eigenvalue weighted by atomic mass is 9.85. The van der Waals surface area contributed by atoms with E-state index in [9.17, 15) is 5.11 Å². The summed E-state index contributed by atoms with van der Waals surface area (Å²) in [5.74, 6) is 1.44. The van der Waals surface area contributed by atoms with Gasteiger partial charge in [0.05, 0.1) is 5.56 Å². The van der Waals surface area contributed by atoms with Crippen LogP contribution >= 0.6 is 0 Å². The summed E-state index contributed by atoms with van der Waals surface area (Å²) in [5, 5.41) is 10.5. The van der Waals surface area contributed by atoms with Crippen LogP contribution in [0.2, 0.25) is 0 Å². The SMILES string of the molecule is Cc1cc(C(C)(C)C)cc(O)c1-c1nc(C)c(C(C)C)c(N)n1. The average molecular weight is 313 g/mol. The van der Waals surface area contributed by atoms with Crippen molar-refractivity contribution in [3.63, 3.8) is 0 Å². The molecule has 23 heavy (non-hydrogen) atoms. The number of rotatable bonds is 2. The molecule has 0 aliphatic carbocycles. The van der Waals surface area contributed by atoms with Crippen molar-refractivity contribution >= 4 is 5.82 Å². The number of nitrogen functional groups attached to an aromatic ring is 1. The number of hydrogen-bond donors (Lipinski definition) is 2. The zero-order chi connectivity index (χ0) is 17.5. The van der Waals surface area contributed by atoms with E-state index in [4.69, 9.17) is 5.73 Å².